The highest BCUT2D eigenvalue weighted by Crippen LogP contribution is 2.38. The average Bonchev–Trinajstić information content (AvgIpc) is 3.65. The standard InChI is InChI=1S/C26H22F2N8O/c1-34-32-25(31-33-34)16-4-7-18(8-5-16)30-26(37)21-15-29-36-12-10-19(14-24(21)36)35-11-2-3-23(35)20-13-17(27)6-9-22(20)28/h4-10,12-15,23H,2-3,11H2,1H3,(H,30,37)/t23-/m1/s1. The number of anilines is 2. The third-order valence-corrected chi connectivity index (χ3v) is 6.56. The summed E-state index contributed by atoms with van der Waals surface area (Å²) in [5.41, 5.74) is 3.55. The number of pyridine rings is 1. The number of aryl methyl sites for hydroxylation is 1. The zero-order valence-corrected chi connectivity index (χ0v) is 19.8. The molecule has 1 aliphatic heterocycles. The molecular formula is C26H22F2N8O. The first kappa shape index (κ1) is 22.8. The summed E-state index contributed by atoms with van der Waals surface area (Å²) in [6, 6.07) is 14.1. The van der Waals surface area contributed by atoms with Crippen LogP contribution in [0.25, 0.3) is 16.9 Å². The smallest absolute Gasteiger partial charge is 0.259 e. The zero-order valence-electron chi connectivity index (χ0n) is 19.8. The molecule has 1 amide bonds. The number of carbonyl (C=O) groups is 1. The van der Waals surface area contributed by atoms with Gasteiger partial charge in [0.25, 0.3) is 5.91 Å². The van der Waals surface area contributed by atoms with Gasteiger partial charge in [0.1, 0.15) is 11.6 Å². The Hall–Kier alpha value is -4.67. The normalized spacial score (nSPS) is 15.4. The van der Waals surface area contributed by atoms with E-state index < -0.39 is 11.6 Å². The van der Waals surface area contributed by atoms with Crippen LogP contribution in [0.4, 0.5) is 20.2 Å². The highest BCUT2D eigenvalue weighted by molar-refractivity contribution is 6.09. The minimum absolute atomic E-state index is 0.291. The number of benzene rings is 2. The number of fused-ring (bicyclic) bond motifs is 1. The van der Waals surface area contributed by atoms with Gasteiger partial charge >= 0.3 is 0 Å². The molecule has 1 saturated heterocycles. The summed E-state index contributed by atoms with van der Waals surface area (Å²) in [5.74, 6) is -0.708. The lowest BCUT2D eigenvalue weighted by atomic mass is 10.0. The van der Waals surface area contributed by atoms with Crippen molar-refractivity contribution < 1.29 is 13.6 Å². The van der Waals surface area contributed by atoms with Crippen LogP contribution in [0.1, 0.15) is 34.8 Å². The van der Waals surface area contributed by atoms with Crippen molar-refractivity contribution in [3.63, 3.8) is 0 Å². The van der Waals surface area contributed by atoms with Crippen molar-refractivity contribution in [1.29, 1.82) is 0 Å². The second-order valence-corrected chi connectivity index (χ2v) is 8.92. The quantitative estimate of drug-likeness (QED) is 0.385. The van der Waals surface area contributed by atoms with Crippen molar-refractivity contribution in [1.82, 2.24) is 29.8 Å². The molecule has 37 heavy (non-hydrogen) atoms. The molecule has 1 aliphatic rings. The van der Waals surface area contributed by atoms with E-state index in [-0.39, 0.29) is 11.9 Å². The summed E-state index contributed by atoms with van der Waals surface area (Å²) in [6.07, 6.45) is 4.83. The van der Waals surface area contributed by atoms with Crippen LogP contribution in [-0.4, -0.2) is 42.3 Å². The number of hydrogen-bond acceptors (Lipinski definition) is 6. The largest absolute Gasteiger partial charge is 0.364 e. The zero-order chi connectivity index (χ0) is 25.5. The molecule has 0 unspecified atom stereocenters. The van der Waals surface area contributed by atoms with Crippen molar-refractivity contribution in [3.05, 3.63) is 89.8 Å². The number of aromatic nitrogens is 6. The summed E-state index contributed by atoms with van der Waals surface area (Å²) in [5, 5.41) is 19.2. The van der Waals surface area contributed by atoms with Gasteiger partial charge < -0.3 is 10.2 Å². The highest BCUT2D eigenvalue weighted by atomic mass is 19.1. The Labute approximate surface area is 210 Å². The van der Waals surface area contributed by atoms with Crippen LogP contribution in [0.2, 0.25) is 0 Å². The maximum Gasteiger partial charge on any atom is 0.259 e. The maximum atomic E-state index is 14.5. The Balaban J connectivity index is 1.26. The van der Waals surface area contributed by atoms with E-state index in [2.05, 4.69) is 25.8 Å². The van der Waals surface area contributed by atoms with Crippen LogP contribution >= 0.6 is 0 Å². The topological polar surface area (TPSA) is 93.2 Å². The number of hydrogen-bond donors (Lipinski definition) is 1. The van der Waals surface area contributed by atoms with Gasteiger partial charge in [-0.3, -0.25) is 4.79 Å². The van der Waals surface area contributed by atoms with Crippen molar-refractivity contribution >= 4 is 22.8 Å². The molecule has 6 rings (SSSR count). The predicted octanol–water partition coefficient (Wildman–Crippen LogP) is 4.40. The lowest BCUT2D eigenvalue weighted by Gasteiger charge is -2.27. The fraction of sp³-hybridized carbons (Fsp3) is 0.192. The molecule has 0 radical (unpaired) electrons. The summed E-state index contributed by atoms with van der Waals surface area (Å²) >= 11 is 0. The fourth-order valence-corrected chi connectivity index (χ4v) is 4.79. The van der Waals surface area contributed by atoms with Crippen LogP contribution in [0, 0.1) is 11.6 Å². The summed E-state index contributed by atoms with van der Waals surface area (Å²) in [6.45, 7) is 0.694. The molecule has 1 atom stereocenters. The molecule has 0 spiro atoms. The summed E-state index contributed by atoms with van der Waals surface area (Å²) in [4.78, 5) is 16.6. The molecule has 0 saturated carbocycles. The molecule has 0 bridgehead atoms. The molecule has 1 fully saturated rings. The van der Waals surface area contributed by atoms with Gasteiger partial charge in [0.2, 0.25) is 5.82 Å². The number of rotatable bonds is 5. The third-order valence-electron chi connectivity index (χ3n) is 6.56. The van der Waals surface area contributed by atoms with Gasteiger partial charge in [0, 0.05) is 35.2 Å². The van der Waals surface area contributed by atoms with Gasteiger partial charge in [-0.2, -0.15) is 9.90 Å². The first-order chi connectivity index (χ1) is 18.0. The van der Waals surface area contributed by atoms with Gasteiger partial charge in [-0.25, -0.2) is 13.3 Å². The monoisotopic (exact) mass is 500 g/mol. The Bertz CT molecular complexity index is 1610. The molecule has 2 aromatic carbocycles. The van der Waals surface area contributed by atoms with E-state index >= 15 is 0 Å². The molecule has 9 nitrogen and oxygen atoms in total. The lowest BCUT2D eigenvalue weighted by molar-refractivity contribution is 0.102. The second kappa shape index (κ2) is 9.08. The van der Waals surface area contributed by atoms with Gasteiger partial charge in [-0.05, 0) is 72.7 Å². The number of nitrogens with zero attached hydrogens (tertiary/aromatic N) is 7. The van der Waals surface area contributed by atoms with Gasteiger partial charge in [-0.1, -0.05) is 0 Å². The molecule has 0 aliphatic carbocycles. The Morgan fingerprint density at radius 3 is 2.70 bits per heavy atom. The van der Waals surface area contributed by atoms with Gasteiger partial charge in [0.05, 0.1) is 30.4 Å². The molecule has 1 N–H and O–H groups in total. The SMILES string of the molecule is Cn1nnc(-c2ccc(NC(=O)c3cnn4ccc(N5CCC[C@@H]5c5cc(F)ccc5F)cc34)cc2)n1. The van der Waals surface area contributed by atoms with Crippen LogP contribution < -0.4 is 10.2 Å². The Morgan fingerprint density at radius 2 is 1.92 bits per heavy atom. The fourth-order valence-electron chi connectivity index (χ4n) is 4.79. The number of tetrazole rings is 1. The molecule has 5 aromatic rings. The molecule has 4 heterocycles. The minimum Gasteiger partial charge on any atom is -0.364 e. The van der Waals surface area contributed by atoms with Gasteiger partial charge in [0.15, 0.2) is 0 Å². The van der Waals surface area contributed by atoms with E-state index in [4.69, 9.17) is 0 Å². The average molecular weight is 501 g/mol. The third kappa shape index (κ3) is 4.28. The van der Waals surface area contributed by atoms with Crippen LogP contribution in [0.5, 0.6) is 0 Å². The van der Waals surface area contributed by atoms with Crippen LogP contribution in [0.15, 0.2) is 67.0 Å². The van der Waals surface area contributed by atoms with E-state index in [1.54, 1.807) is 42.0 Å². The molecule has 186 valence electrons. The van der Waals surface area contributed by atoms with E-state index in [0.29, 0.717) is 41.1 Å². The van der Waals surface area contributed by atoms with E-state index in [9.17, 15) is 13.6 Å². The van der Waals surface area contributed by atoms with E-state index in [1.165, 1.54) is 23.1 Å². The van der Waals surface area contributed by atoms with E-state index in [0.717, 1.165) is 23.7 Å². The minimum atomic E-state index is -0.463. The summed E-state index contributed by atoms with van der Waals surface area (Å²) in [7, 11) is 1.69. The molecular weight excluding hydrogens is 478 g/mol. The van der Waals surface area contributed by atoms with Crippen molar-refractivity contribution in [2.75, 3.05) is 16.8 Å². The highest BCUT2D eigenvalue weighted by Gasteiger charge is 2.29. The number of amides is 1. The van der Waals surface area contributed by atoms with Crippen LogP contribution in [0.3, 0.4) is 0 Å². The maximum absolute atomic E-state index is 14.5. The van der Waals surface area contributed by atoms with Crippen LogP contribution in [-0.2, 0) is 7.05 Å². The second-order valence-electron chi connectivity index (χ2n) is 8.92. The van der Waals surface area contributed by atoms with Crippen molar-refractivity contribution in [3.8, 4) is 11.4 Å². The number of carbonyl (C=O) groups excluding carboxylic acids is 1. The van der Waals surface area contributed by atoms with E-state index in [1.807, 2.05) is 17.0 Å². The molecule has 11 heteroatoms. The Kier molecular flexibility index (Phi) is 5.59. The number of halogens is 2. The summed E-state index contributed by atoms with van der Waals surface area (Å²) < 4.78 is 30.0. The lowest BCUT2D eigenvalue weighted by Crippen LogP contribution is -2.23. The number of nitrogens with one attached hydrogen (secondary N) is 1. The molecule has 3 aromatic heterocycles. The van der Waals surface area contributed by atoms with Gasteiger partial charge in [-0.15, -0.1) is 10.2 Å². The van der Waals surface area contributed by atoms with Crippen molar-refractivity contribution in [2.24, 2.45) is 7.05 Å². The first-order valence-corrected chi connectivity index (χ1v) is 11.8. The predicted molar refractivity (Wildman–Crippen MR) is 133 cm³/mol. The Morgan fingerprint density at radius 1 is 1.08 bits per heavy atom. The first-order valence-electron chi connectivity index (χ1n) is 11.8. The van der Waals surface area contributed by atoms with Crippen molar-refractivity contribution in [2.45, 2.75) is 18.9 Å².